The van der Waals surface area contributed by atoms with Crippen LogP contribution in [-0.4, -0.2) is 20.6 Å². The maximum atomic E-state index is 3.87. The number of hydrogen-bond donors (Lipinski definition) is 1. The lowest BCUT2D eigenvalue weighted by Crippen LogP contribution is -1.82. The van der Waals surface area contributed by atoms with Crippen LogP contribution < -0.4 is 0 Å². The Morgan fingerprint density at radius 1 is 1.54 bits per heavy atom. The van der Waals surface area contributed by atoms with Crippen molar-refractivity contribution in [2.24, 2.45) is 0 Å². The van der Waals surface area contributed by atoms with Crippen molar-refractivity contribution >= 4 is 23.1 Å². The van der Waals surface area contributed by atoms with E-state index >= 15 is 0 Å². The summed E-state index contributed by atoms with van der Waals surface area (Å²) in [6.07, 6.45) is 0. The molecule has 0 aromatic carbocycles. The van der Waals surface area contributed by atoms with E-state index in [1.807, 2.05) is 0 Å². The van der Waals surface area contributed by atoms with Crippen LogP contribution in [0.5, 0.6) is 0 Å². The van der Waals surface area contributed by atoms with Crippen molar-refractivity contribution in [1.82, 2.24) is 20.6 Å². The van der Waals surface area contributed by atoms with E-state index < -0.39 is 0 Å². The van der Waals surface area contributed by atoms with Gasteiger partial charge in [0.1, 0.15) is 0 Å². The number of aromatic nitrogens is 4. The first-order chi connectivity index (χ1) is 6.34. The normalized spacial score (nSPS) is 10.5. The van der Waals surface area contributed by atoms with Crippen LogP contribution >= 0.6 is 23.1 Å². The molecule has 0 amide bonds. The van der Waals surface area contributed by atoms with E-state index in [-0.39, 0.29) is 0 Å². The maximum absolute atomic E-state index is 3.87. The summed E-state index contributed by atoms with van der Waals surface area (Å²) < 4.78 is 1.29. The second-order valence-electron chi connectivity index (χ2n) is 2.48. The maximum Gasteiger partial charge on any atom is 0.184 e. The van der Waals surface area contributed by atoms with Crippen LogP contribution in [0.3, 0.4) is 0 Å². The fourth-order valence-electron chi connectivity index (χ4n) is 0.869. The zero-order valence-electron chi connectivity index (χ0n) is 7.02. The van der Waals surface area contributed by atoms with Crippen LogP contribution in [0.4, 0.5) is 0 Å². The summed E-state index contributed by atoms with van der Waals surface area (Å²) >= 11 is 3.52. The third-order valence-electron chi connectivity index (χ3n) is 1.45. The van der Waals surface area contributed by atoms with Gasteiger partial charge in [0.15, 0.2) is 5.82 Å². The van der Waals surface area contributed by atoms with Gasteiger partial charge >= 0.3 is 0 Å². The lowest BCUT2D eigenvalue weighted by atomic mass is 10.5. The van der Waals surface area contributed by atoms with Crippen molar-refractivity contribution in [1.29, 1.82) is 0 Å². The number of nitrogens with one attached hydrogen (secondary N) is 1. The van der Waals surface area contributed by atoms with Crippen LogP contribution in [-0.2, 0) is 5.75 Å². The Hall–Kier alpha value is -0.880. The van der Waals surface area contributed by atoms with Crippen molar-refractivity contribution < 1.29 is 0 Å². The molecule has 0 aliphatic rings. The highest BCUT2D eigenvalue weighted by molar-refractivity contribution is 8.00. The van der Waals surface area contributed by atoms with Crippen molar-refractivity contribution in [3.05, 3.63) is 22.8 Å². The monoisotopic (exact) mass is 212 g/mol. The highest BCUT2D eigenvalue weighted by Crippen LogP contribution is 2.28. The molecule has 0 bridgehead atoms. The quantitative estimate of drug-likeness (QED) is 0.789. The molecule has 4 nitrogen and oxygen atoms in total. The van der Waals surface area contributed by atoms with E-state index in [1.165, 1.54) is 9.09 Å². The molecule has 0 saturated heterocycles. The lowest BCUT2D eigenvalue weighted by molar-refractivity contribution is 0.881. The van der Waals surface area contributed by atoms with Crippen molar-refractivity contribution in [3.63, 3.8) is 0 Å². The smallest absolute Gasteiger partial charge is 0.177 e. The molecule has 1 N–H and O–H groups in total. The van der Waals surface area contributed by atoms with Crippen molar-refractivity contribution in [2.45, 2.75) is 16.9 Å². The van der Waals surface area contributed by atoms with Gasteiger partial charge in [0, 0.05) is 4.88 Å². The topological polar surface area (TPSA) is 54.5 Å². The van der Waals surface area contributed by atoms with Gasteiger partial charge in [-0.1, -0.05) is 5.21 Å². The molecule has 68 valence electrons. The molecule has 0 fully saturated rings. The van der Waals surface area contributed by atoms with Gasteiger partial charge in [0.25, 0.3) is 0 Å². The molecule has 6 heteroatoms. The van der Waals surface area contributed by atoms with Gasteiger partial charge in [0.2, 0.25) is 0 Å². The molecule has 2 rings (SSSR count). The molecule has 0 unspecified atom stereocenters. The highest BCUT2D eigenvalue weighted by atomic mass is 32.2. The number of aromatic amines is 1. The van der Waals surface area contributed by atoms with Gasteiger partial charge in [-0.25, -0.2) is 0 Å². The van der Waals surface area contributed by atoms with E-state index in [0.29, 0.717) is 0 Å². The van der Waals surface area contributed by atoms with Gasteiger partial charge in [-0.3, -0.25) is 0 Å². The first-order valence-electron chi connectivity index (χ1n) is 3.76. The number of nitrogens with zero attached hydrogens (tertiary/aromatic N) is 3. The summed E-state index contributed by atoms with van der Waals surface area (Å²) in [7, 11) is 0. The third kappa shape index (κ3) is 2.28. The first-order valence-corrected chi connectivity index (χ1v) is 5.56. The molecule has 0 spiro atoms. The largest absolute Gasteiger partial charge is 0.184 e. The molecule has 0 atom stereocenters. The number of tetrazole rings is 1. The van der Waals surface area contributed by atoms with Gasteiger partial charge in [-0.15, -0.1) is 33.3 Å². The Morgan fingerprint density at radius 3 is 3.08 bits per heavy atom. The first kappa shape index (κ1) is 8.71. The van der Waals surface area contributed by atoms with E-state index in [9.17, 15) is 0 Å². The number of hydrogen-bond acceptors (Lipinski definition) is 5. The van der Waals surface area contributed by atoms with Crippen molar-refractivity contribution in [3.8, 4) is 0 Å². The Morgan fingerprint density at radius 2 is 2.46 bits per heavy atom. The zero-order valence-corrected chi connectivity index (χ0v) is 8.65. The van der Waals surface area contributed by atoms with Crippen LogP contribution in [0.1, 0.15) is 10.7 Å². The van der Waals surface area contributed by atoms with Crippen LogP contribution in [0.25, 0.3) is 0 Å². The zero-order chi connectivity index (χ0) is 9.10. The molecule has 2 heterocycles. The van der Waals surface area contributed by atoms with Crippen LogP contribution in [0.15, 0.2) is 16.3 Å². The molecule has 0 aliphatic carbocycles. The molecule has 0 radical (unpaired) electrons. The van der Waals surface area contributed by atoms with Crippen LogP contribution in [0.2, 0.25) is 0 Å². The second-order valence-corrected chi connectivity index (χ2v) is 5.05. The number of rotatable bonds is 3. The molecular weight excluding hydrogens is 204 g/mol. The minimum Gasteiger partial charge on any atom is -0.177 e. The third-order valence-corrected chi connectivity index (χ3v) is 3.67. The SMILES string of the molecule is Cc1ccc(SCc2nn[nH]n2)s1. The summed E-state index contributed by atoms with van der Waals surface area (Å²) in [4.78, 5) is 1.33. The molecule has 2 aromatic heterocycles. The van der Waals surface area contributed by atoms with Gasteiger partial charge in [0.05, 0.1) is 9.96 Å². The predicted octanol–water partition coefficient (Wildman–Crippen LogP) is 1.86. The fourth-order valence-corrected chi connectivity index (χ4v) is 2.82. The Balaban J connectivity index is 1.93. The molecule has 0 saturated carbocycles. The number of aryl methyl sites for hydroxylation is 1. The summed E-state index contributed by atoms with van der Waals surface area (Å²) in [5.41, 5.74) is 0. The number of H-pyrrole nitrogens is 1. The minimum absolute atomic E-state index is 0.746. The van der Waals surface area contributed by atoms with Crippen molar-refractivity contribution in [2.75, 3.05) is 0 Å². The summed E-state index contributed by atoms with van der Waals surface area (Å²) in [6, 6.07) is 4.23. The Bertz CT molecular complexity index is 368. The summed E-state index contributed by atoms with van der Waals surface area (Å²) in [5.74, 6) is 1.52. The standard InChI is InChI=1S/C7H8N4S2/c1-5-2-3-7(13-5)12-4-6-8-10-11-9-6/h2-3H,4H2,1H3,(H,8,9,10,11). The second kappa shape index (κ2) is 3.89. The molecular formula is C7H8N4S2. The average Bonchev–Trinajstić information content (AvgIpc) is 2.71. The molecule has 0 aliphatic heterocycles. The van der Waals surface area contributed by atoms with E-state index in [1.54, 1.807) is 23.1 Å². The van der Waals surface area contributed by atoms with Gasteiger partial charge < -0.3 is 0 Å². The summed E-state index contributed by atoms with van der Waals surface area (Å²) in [5, 5.41) is 13.7. The predicted molar refractivity (Wildman–Crippen MR) is 52.8 cm³/mol. The summed E-state index contributed by atoms with van der Waals surface area (Å²) in [6.45, 7) is 2.10. The van der Waals surface area contributed by atoms with Crippen LogP contribution in [0, 0.1) is 6.92 Å². The minimum atomic E-state index is 0.746. The fraction of sp³-hybridized carbons (Fsp3) is 0.286. The highest BCUT2D eigenvalue weighted by Gasteiger charge is 2.01. The molecule has 13 heavy (non-hydrogen) atoms. The lowest BCUT2D eigenvalue weighted by Gasteiger charge is -1.90. The Labute approximate surface area is 83.8 Å². The number of thioether (sulfide) groups is 1. The average molecular weight is 212 g/mol. The van der Waals surface area contributed by atoms with Gasteiger partial charge in [-0.05, 0) is 19.1 Å². The van der Waals surface area contributed by atoms with E-state index in [0.717, 1.165) is 11.6 Å². The number of thiophene rings is 1. The Kier molecular flexibility index (Phi) is 2.60. The van der Waals surface area contributed by atoms with E-state index in [2.05, 4.69) is 39.7 Å². The van der Waals surface area contributed by atoms with E-state index in [4.69, 9.17) is 0 Å². The van der Waals surface area contributed by atoms with Gasteiger partial charge in [-0.2, -0.15) is 5.21 Å². The molecule has 2 aromatic rings.